The predicted octanol–water partition coefficient (Wildman–Crippen LogP) is 1.99. The first-order valence-corrected chi connectivity index (χ1v) is 9.38. The average Bonchev–Trinajstić information content (AvgIpc) is 2.77. The number of benzene rings is 2. The van der Waals surface area contributed by atoms with E-state index in [1.165, 1.54) is 0 Å². The average molecular weight is 383 g/mol. The van der Waals surface area contributed by atoms with Gasteiger partial charge in [0.05, 0.1) is 0 Å². The minimum absolute atomic E-state index is 0.0578. The van der Waals surface area contributed by atoms with Crippen molar-refractivity contribution < 1.29 is 19.1 Å². The molecule has 7 heteroatoms. The number of hydrogen-bond donors (Lipinski definition) is 2. The Morgan fingerprint density at radius 2 is 1.61 bits per heavy atom. The van der Waals surface area contributed by atoms with E-state index in [1.807, 2.05) is 36.4 Å². The van der Waals surface area contributed by atoms with Gasteiger partial charge < -0.3 is 14.4 Å². The summed E-state index contributed by atoms with van der Waals surface area (Å²) in [5, 5.41) is 0. The molecule has 3 N–H and O–H groups in total. The third-order valence-electron chi connectivity index (χ3n) is 4.74. The highest BCUT2D eigenvalue weighted by Gasteiger charge is 2.27. The van der Waals surface area contributed by atoms with Crippen LogP contribution in [0.2, 0.25) is 0 Å². The molecule has 1 fully saturated rings. The van der Waals surface area contributed by atoms with E-state index in [9.17, 15) is 9.59 Å². The molecule has 28 heavy (non-hydrogen) atoms. The minimum Gasteiger partial charge on any atom is -0.490 e. The van der Waals surface area contributed by atoms with Gasteiger partial charge in [-0.05, 0) is 43.2 Å². The summed E-state index contributed by atoms with van der Waals surface area (Å²) in [7, 11) is 0. The lowest BCUT2D eigenvalue weighted by Gasteiger charge is -2.31. The molecule has 2 amide bonds. The van der Waals surface area contributed by atoms with E-state index < -0.39 is 0 Å². The number of ether oxygens (including phenoxy) is 2. The van der Waals surface area contributed by atoms with Crippen LogP contribution in [0.1, 0.15) is 23.2 Å². The zero-order valence-electron chi connectivity index (χ0n) is 15.7. The van der Waals surface area contributed by atoms with Crippen LogP contribution >= 0.6 is 0 Å². The first-order valence-electron chi connectivity index (χ1n) is 9.38. The van der Waals surface area contributed by atoms with E-state index in [-0.39, 0.29) is 17.7 Å². The number of likely N-dealkylation sites (tertiary alicyclic amines) is 1. The number of nitrogens with one attached hydrogen (secondary N) is 1. The van der Waals surface area contributed by atoms with Crippen molar-refractivity contribution in [2.24, 2.45) is 11.8 Å². The first-order chi connectivity index (χ1) is 13.7. The van der Waals surface area contributed by atoms with Crippen molar-refractivity contribution in [3.8, 4) is 11.5 Å². The molecule has 3 rings (SSSR count). The SMILES string of the molecule is NNC(=O)C1CCN(C(=O)c2cccc(OCCOc3ccccc3)c2)CC1. The molecule has 2 aromatic carbocycles. The molecule has 0 bridgehead atoms. The van der Waals surface area contributed by atoms with E-state index in [1.54, 1.807) is 23.1 Å². The maximum Gasteiger partial charge on any atom is 0.253 e. The smallest absolute Gasteiger partial charge is 0.253 e. The van der Waals surface area contributed by atoms with Crippen LogP contribution in [0, 0.1) is 5.92 Å². The molecule has 1 heterocycles. The summed E-state index contributed by atoms with van der Waals surface area (Å²) in [5.74, 6) is 6.25. The van der Waals surface area contributed by atoms with Crippen LogP contribution < -0.4 is 20.7 Å². The van der Waals surface area contributed by atoms with Gasteiger partial charge in [-0.2, -0.15) is 0 Å². The number of rotatable bonds is 7. The Hall–Kier alpha value is -3.06. The van der Waals surface area contributed by atoms with Crippen molar-refractivity contribution in [2.75, 3.05) is 26.3 Å². The third kappa shape index (κ3) is 5.23. The zero-order chi connectivity index (χ0) is 19.8. The maximum atomic E-state index is 12.7. The molecule has 0 saturated carbocycles. The van der Waals surface area contributed by atoms with E-state index in [0.29, 0.717) is 50.5 Å². The first kappa shape index (κ1) is 19.7. The van der Waals surface area contributed by atoms with Crippen molar-refractivity contribution in [2.45, 2.75) is 12.8 Å². The molecule has 0 aromatic heterocycles. The van der Waals surface area contributed by atoms with Crippen molar-refractivity contribution >= 4 is 11.8 Å². The Balaban J connectivity index is 1.48. The largest absolute Gasteiger partial charge is 0.490 e. The summed E-state index contributed by atoms with van der Waals surface area (Å²) < 4.78 is 11.3. The summed E-state index contributed by atoms with van der Waals surface area (Å²) >= 11 is 0. The number of piperidine rings is 1. The Morgan fingerprint density at radius 3 is 2.29 bits per heavy atom. The van der Waals surface area contributed by atoms with Crippen molar-refractivity contribution in [3.63, 3.8) is 0 Å². The molecule has 1 aliphatic heterocycles. The molecule has 1 saturated heterocycles. The molecule has 2 aromatic rings. The Kier molecular flexibility index (Phi) is 6.86. The van der Waals surface area contributed by atoms with Gasteiger partial charge in [0.15, 0.2) is 0 Å². The summed E-state index contributed by atoms with van der Waals surface area (Å²) in [6.07, 6.45) is 1.23. The number of amides is 2. The topological polar surface area (TPSA) is 93.9 Å². The molecule has 0 atom stereocenters. The fraction of sp³-hybridized carbons (Fsp3) is 0.333. The zero-order valence-corrected chi connectivity index (χ0v) is 15.7. The fourth-order valence-corrected chi connectivity index (χ4v) is 3.20. The number of para-hydroxylation sites is 1. The second-order valence-electron chi connectivity index (χ2n) is 6.61. The third-order valence-corrected chi connectivity index (χ3v) is 4.74. The summed E-state index contributed by atoms with van der Waals surface area (Å²) in [4.78, 5) is 26.1. The van der Waals surface area contributed by atoms with Gasteiger partial charge in [-0.15, -0.1) is 0 Å². The lowest BCUT2D eigenvalue weighted by molar-refractivity contribution is -0.126. The summed E-state index contributed by atoms with van der Waals surface area (Å²) in [6.45, 7) is 1.87. The van der Waals surface area contributed by atoms with Gasteiger partial charge in [0.1, 0.15) is 24.7 Å². The highest BCUT2D eigenvalue weighted by atomic mass is 16.5. The number of carbonyl (C=O) groups excluding carboxylic acids is 2. The highest BCUT2D eigenvalue weighted by Crippen LogP contribution is 2.21. The normalized spacial score (nSPS) is 14.4. The van der Waals surface area contributed by atoms with Crippen LogP contribution in [0.15, 0.2) is 54.6 Å². The standard InChI is InChI=1S/C21H25N3O4/c22-23-20(25)16-9-11-24(12-10-16)21(26)17-5-4-8-19(15-17)28-14-13-27-18-6-2-1-3-7-18/h1-8,15-16H,9-14,22H2,(H,23,25). The van der Waals surface area contributed by atoms with Gasteiger partial charge in [0.2, 0.25) is 5.91 Å². The van der Waals surface area contributed by atoms with Gasteiger partial charge in [0.25, 0.3) is 5.91 Å². The molecule has 0 radical (unpaired) electrons. The lowest BCUT2D eigenvalue weighted by atomic mass is 9.95. The van der Waals surface area contributed by atoms with Crippen molar-refractivity contribution in [1.82, 2.24) is 10.3 Å². The van der Waals surface area contributed by atoms with E-state index in [2.05, 4.69) is 5.43 Å². The molecule has 1 aliphatic rings. The quantitative estimate of drug-likeness (QED) is 0.330. The van der Waals surface area contributed by atoms with Gasteiger partial charge in [-0.3, -0.25) is 15.0 Å². The van der Waals surface area contributed by atoms with Crippen LogP contribution in [0.25, 0.3) is 0 Å². The van der Waals surface area contributed by atoms with Gasteiger partial charge in [0, 0.05) is 24.6 Å². The van der Waals surface area contributed by atoms with Crippen LogP contribution in [0.3, 0.4) is 0 Å². The van der Waals surface area contributed by atoms with Crippen LogP contribution in [0.5, 0.6) is 11.5 Å². The van der Waals surface area contributed by atoms with Crippen LogP contribution in [-0.2, 0) is 4.79 Å². The number of nitrogens with two attached hydrogens (primary N) is 1. The molecule has 0 spiro atoms. The molecule has 0 unspecified atom stereocenters. The second-order valence-corrected chi connectivity index (χ2v) is 6.61. The predicted molar refractivity (Wildman–Crippen MR) is 105 cm³/mol. The Morgan fingerprint density at radius 1 is 0.964 bits per heavy atom. The molecule has 0 aliphatic carbocycles. The van der Waals surface area contributed by atoms with Gasteiger partial charge in [-0.25, -0.2) is 5.84 Å². The monoisotopic (exact) mass is 383 g/mol. The Bertz CT molecular complexity index is 789. The number of hydrogen-bond acceptors (Lipinski definition) is 5. The lowest BCUT2D eigenvalue weighted by Crippen LogP contribution is -2.44. The molecule has 7 nitrogen and oxygen atoms in total. The highest BCUT2D eigenvalue weighted by molar-refractivity contribution is 5.94. The Labute approximate surface area is 164 Å². The van der Waals surface area contributed by atoms with Crippen molar-refractivity contribution in [3.05, 3.63) is 60.2 Å². The van der Waals surface area contributed by atoms with Gasteiger partial charge in [-0.1, -0.05) is 24.3 Å². The second kappa shape index (κ2) is 9.75. The minimum atomic E-state index is -0.166. The van der Waals surface area contributed by atoms with Crippen LogP contribution in [0.4, 0.5) is 0 Å². The number of carbonyl (C=O) groups is 2. The number of nitrogens with zero attached hydrogens (tertiary/aromatic N) is 1. The van der Waals surface area contributed by atoms with E-state index in [4.69, 9.17) is 15.3 Å². The molecular weight excluding hydrogens is 358 g/mol. The summed E-state index contributed by atoms with van der Waals surface area (Å²) in [6, 6.07) is 16.7. The van der Waals surface area contributed by atoms with Crippen molar-refractivity contribution in [1.29, 1.82) is 0 Å². The number of hydrazine groups is 1. The van der Waals surface area contributed by atoms with Crippen LogP contribution in [-0.4, -0.2) is 43.0 Å². The molecular formula is C21H25N3O4. The van der Waals surface area contributed by atoms with Gasteiger partial charge >= 0.3 is 0 Å². The molecule has 148 valence electrons. The van der Waals surface area contributed by atoms with E-state index >= 15 is 0 Å². The fourth-order valence-electron chi connectivity index (χ4n) is 3.20. The maximum absolute atomic E-state index is 12.7. The van der Waals surface area contributed by atoms with E-state index in [0.717, 1.165) is 5.75 Å². The summed E-state index contributed by atoms with van der Waals surface area (Å²) in [5.41, 5.74) is 2.76.